The van der Waals surface area contributed by atoms with E-state index in [1.54, 1.807) is 6.07 Å². The van der Waals surface area contributed by atoms with E-state index in [0.717, 1.165) is 30.5 Å². The van der Waals surface area contributed by atoms with Crippen LogP contribution in [-0.2, 0) is 12.8 Å². The molecule has 0 aliphatic heterocycles. The molecule has 0 radical (unpaired) electrons. The molecule has 4 heteroatoms. The highest BCUT2D eigenvalue weighted by Gasteiger charge is 2.17. The molecule has 0 atom stereocenters. The minimum Gasteiger partial charge on any atom is -0.478 e. The van der Waals surface area contributed by atoms with E-state index in [4.69, 9.17) is 4.74 Å². The summed E-state index contributed by atoms with van der Waals surface area (Å²) in [5.74, 6) is -0.169. The second kappa shape index (κ2) is 4.96. The molecule has 3 rings (SSSR count). The van der Waals surface area contributed by atoms with Gasteiger partial charge in [-0.15, -0.1) is 0 Å². The predicted octanol–water partition coefficient (Wildman–Crippen LogP) is 3.37. The first-order valence-electron chi connectivity index (χ1n) is 6.65. The number of carboxylic acids is 1. The molecule has 0 saturated carbocycles. The van der Waals surface area contributed by atoms with Crippen LogP contribution in [0.25, 0.3) is 0 Å². The summed E-state index contributed by atoms with van der Waals surface area (Å²) in [6, 6.07) is 8.90. The van der Waals surface area contributed by atoms with Crippen LogP contribution in [-0.4, -0.2) is 16.1 Å². The van der Waals surface area contributed by atoms with Crippen molar-refractivity contribution in [1.82, 2.24) is 4.98 Å². The molecule has 0 unspecified atom stereocenters. The zero-order valence-electron chi connectivity index (χ0n) is 11.2. The van der Waals surface area contributed by atoms with Gasteiger partial charge in [-0.05, 0) is 43.4 Å². The van der Waals surface area contributed by atoms with Gasteiger partial charge >= 0.3 is 5.97 Å². The molecule has 20 heavy (non-hydrogen) atoms. The molecule has 4 nitrogen and oxygen atoms in total. The van der Waals surface area contributed by atoms with Crippen molar-refractivity contribution in [1.29, 1.82) is 0 Å². The van der Waals surface area contributed by atoms with Gasteiger partial charge in [-0.25, -0.2) is 9.78 Å². The van der Waals surface area contributed by atoms with Crippen LogP contribution in [0.4, 0.5) is 0 Å². The Bertz CT molecular complexity index is 679. The van der Waals surface area contributed by atoms with Gasteiger partial charge < -0.3 is 9.84 Å². The van der Waals surface area contributed by atoms with Gasteiger partial charge in [0, 0.05) is 11.8 Å². The number of carbonyl (C=O) groups is 1. The third kappa shape index (κ3) is 2.25. The van der Waals surface area contributed by atoms with Crippen molar-refractivity contribution >= 4 is 5.97 Å². The Balaban J connectivity index is 1.97. The number of ether oxygens (including phenoxy) is 1. The number of hydrogen-bond donors (Lipinski definition) is 1. The molecule has 0 fully saturated rings. The first-order chi connectivity index (χ1) is 9.65. The maximum absolute atomic E-state index is 11.3. The first-order valence-corrected chi connectivity index (χ1v) is 6.65. The molecule has 1 N–H and O–H groups in total. The van der Waals surface area contributed by atoms with Crippen molar-refractivity contribution in [2.24, 2.45) is 0 Å². The Hall–Kier alpha value is -2.36. The van der Waals surface area contributed by atoms with E-state index in [1.165, 1.54) is 11.6 Å². The third-order valence-corrected chi connectivity index (χ3v) is 3.55. The number of hydrogen-bond acceptors (Lipinski definition) is 3. The maximum Gasteiger partial charge on any atom is 0.339 e. The van der Waals surface area contributed by atoms with Gasteiger partial charge in [-0.2, -0.15) is 0 Å². The lowest BCUT2D eigenvalue weighted by atomic mass is 10.1. The summed E-state index contributed by atoms with van der Waals surface area (Å²) in [4.78, 5) is 15.7. The van der Waals surface area contributed by atoms with Gasteiger partial charge in [-0.3, -0.25) is 0 Å². The normalized spacial score (nSPS) is 13.1. The van der Waals surface area contributed by atoms with E-state index in [2.05, 4.69) is 4.98 Å². The Morgan fingerprint density at radius 1 is 1.25 bits per heavy atom. The van der Waals surface area contributed by atoms with Crippen LogP contribution in [0.1, 0.15) is 33.6 Å². The fourth-order valence-corrected chi connectivity index (χ4v) is 2.52. The number of aromatic nitrogens is 1. The summed E-state index contributed by atoms with van der Waals surface area (Å²) < 4.78 is 5.73. The predicted molar refractivity (Wildman–Crippen MR) is 74.5 cm³/mol. The molecule has 1 aliphatic rings. The van der Waals surface area contributed by atoms with Crippen LogP contribution in [0, 0.1) is 6.92 Å². The summed E-state index contributed by atoms with van der Waals surface area (Å²) >= 11 is 0. The van der Waals surface area contributed by atoms with Gasteiger partial charge in [0.25, 0.3) is 0 Å². The zero-order valence-corrected chi connectivity index (χ0v) is 11.2. The van der Waals surface area contributed by atoms with Crippen LogP contribution in [0.5, 0.6) is 11.6 Å². The van der Waals surface area contributed by atoms with Crippen molar-refractivity contribution in [2.75, 3.05) is 0 Å². The van der Waals surface area contributed by atoms with Crippen LogP contribution in [0.2, 0.25) is 0 Å². The summed E-state index contributed by atoms with van der Waals surface area (Å²) in [5.41, 5.74) is 3.27. The van der Waals surface area contributed by atoms with Crippen LogP contribution >= 0.6 is 0 Å². The Kier molecular flexibility index (Phi) is 3.14. The summed E-state index contributed by atoms with van der Waals surface area (Å²) in [5, 5.41) is 9.22. The third-order valence-electron chi connectivity index (χ3n) is 3.55. The standard InChI is InChI=1S/C16H15NO3/c1-10-4-2-6-12(16(18)19)15(10)20-14-9-8-11-5-3-7-13(11)17-14/h2,4,6,8-9H,3,5,7H2,1H3,(H,18,19). The second-order valence-corrected chi connectivity index (χ2v) is 4.97. The molecule has 102 valence electrons. The van der Waals surface area contributed by atoms with E-state index in [0.29, 0.717) is 11.6 Å². The van der Waals surface area contributed by atoms with Gasteiger partial charge in [0.05, 0.1) is 0 Å². The van der Waals surface area contributed by atoms with Crippen molar-refractivity contribution in [3.05, 3.63) is 52.7 Å². The first kappa shape index (κ1) is 12.7. The van der Waals surface area contributed by atoms with Crippen LogP contribution in [0.15, 0.2) is 30.3 Å². The second-order valence-electron chi connectivity index (χ2n) is 4.97. The molecule has 0 saturated heterocycles. The Morgan fingerprint density at radius 3 is 2.90 bits per heavy atom. The SMILES string of the molecule is Cc1cccc(C(=O)O)c1Oc1ccc2c(n1)CCC2. The molecule has 0 amide bonds. The molecule has 1 heterocycles. The van der Waals surface area contributed by atoms with E-state index in [-0.39, 0.29) is 5.56 Å². The van der Waals surface area contributed by atoms with Crippen LogP contribution < -0.4 is 4.74 Å². The minimum atomic E-state index is -0.995. The van der Waals surface area contributed by atoms with E-state index in [9.17, 15) is 9.90 Å². The number of pyridine rings is 1. The number of carboxylic acid groups (broad SMARTS) is 1. The molecule has 1 aromatic carbocycles. The topological polar surface area (TPSA) is 59.4 Å². The molecule has 1 aromatic heterocycles. The van der Waals surface area contributed by atoms with E-state index >= 15 is 0 Å². The smallest absolute Gasteiger partial charge is 0.339 e. The number of aryl methyl sites for hydroxylation is 3. The number of para-hydroxylation sites is 1. The number of nitrogens with zero attached hydrogens (tertiary/aromatic N) is 1. The summed E-state index contributed by atoms with van der Waals surface area (Å²) in [6.45, 7) is 1.83. The van der Waals surface area contributed by atoms with Crippen molar-refractivity contribution in [3.63, 3.8) is 0 Å². The summed E-state index contributed by atoms with van der Waals surface area (Å²) in [7, 11) is 0. The average Bonchev–Trinajstić information content (AvgIpc) is 2.88. The largest absolute Gasteiger partial charge is 0.478 e. The molecule has 2 aromatic rings. The lowest BCUT2D eigenvalue weighted by Gasteiger charge is -2.11. The fraction of sp³-hybridized carbons (Fsp3) is 0.250. The number of aromatic carboxylic acids is 1. The van der Waals surface area contributed by atoms with E-state index < -0.39 is 5.97 Å². The quantitative estimate of drug-likeness (QED) is 0.928. The summed E-state index contributed by atoms with van der Waals surface area (Å²) in [6.07, 6.45) is 3.15. The molecule has 0 bridgehead atoms. The minimum absolute atomic E-state index is 0.160. The Labute approximate surface area is 117 Å². The monoisotopic (exact) mass is 269 g/mol. The van der Waals surface area contributed by atoms with Crippen molar-refractivity contribution in [3.8, 4) is 11.6 Å². The van der Waals surface area contributed by atoms with Gasteiger partial charge in [-0.1, -0.05) is 18.2 Å². The highest BCUT2D eigenvalue weighted by Crippen LogP contribution is 2.30. The Morgan fingerprint density at radius 2 is 2.10 bits per heavy atom. The maximum atomic E-state index is 11.3. The molecular weight excluding hydrogens is 254 g/mol. The number of fused-ring (bicyclic) bond motifs is 1. The highest BCUT2D eigenvalue weighted by molar-refractivity contribution is 5.91. The van der Waals surface area contributed by atoms with Gasteiger partial charge in [0.2, 0.25) is 5.88 Å². The van der Waals surface area contributed by atoms with Gasteiger partial charge in [0.1, 0.15) is 11.3 Å². The van der Waals surface area contributed by atoms with Crippen LogP contribution in [0.3, 0.4) is 0 Å². The molecule has 0 spiro atoms. The molecule has 1 aliphatic carbocycles. The van der Waals surface area contributed by atoms with Crippen molar-refractivity contribution < 1.29 is 14.6 Å². The average molecular weight is 269 g/mol. The van der Waals surface area contributed by atoms with Crippen molar-refractivity contribution in [2.45, 2.75) is 26.2 Å². The van der Waals surface area contributed by atoms with Gasteiger partial charge in [0.15, 0.2) is 0 Å². The number of rotatable bonds is 3. The molecular formula is C16H15NO3. The highest BCUT2D eigenvalue weighted by atomic mass is 16.5. The van der Waals surface area contributed by atoms with E-state index in [1.807, 2.05) is 25.1 Å². The lowest BCUT2D eigenvalue weighted by Crippen LogP contribution is -2.02. The zero-order chi connectivity index (χ0) is 14.1. The number of benzene rings is 1. The fourth-order valence-electron chi connectivity index (χ4n) is 2.52. The lowest BCUT2D eigenvalue weighted by molar-refractivity contribution is 0.0694.